The first-order valence-electron chi connectivity index (χ1n) is 5.74. The lowest BCUT2D eigenvalue weighted by Gasteiger charge is -2.29. The zero-order valence-electron chi connectivity index (χ0n) is 9.98. The Balaban J connectivity index is 2.44. The summed E-state index contributed by atoms with van der Waals surface area (Å²) in [4.78, 5) is 14.3. The molecule has 0 radical (unpaired) electrons. The Morgan fingerprint density at radius 2 is 2.33 bits per heavy atom. The van der Waals surface area contributed by atoms with Gasteiger partial charge in [0.25, 0.3) is 5.69 Å². The molecule has 6 heteroatoms. The fraction of sp³-hybridized carbons (Fsp3) is 0.417. The number of hydrogen-bond acceptors (Lipinski definition) is 5. The average molecular weight is 249 g/mol. The van der Waals surface area contributed by atoms with Crippen LogP contribution < -0.4 is 5.73 Å². The molecule has 1 heterocycles. The summed E-state index contributed by atoms with van der Waals surface area (Å²) < 4.78 is 0. The van der Waals surface area contributed by atoms with Crippen LogP contribution in [0.1, 0.15) is 18.9 Å². The molecule has 0 amide bonds. The molecule has 1 aromatic heterocycles. The van der Waals surface area contributed by atoms with E-state index in [0.29, 0.717) is 12.0 Å². The van der Waals surface area contributed by atoms with E-state index >= 15 is 0 Å². The molecule has 1 aliphatic carbocycles. The van der Waals surface area contributed by atoms with Crippen LogP contribution >= 0.6 is 0 Å². The van der Waals surface area contributed by atoms with Crippen molar-refractivity contribution in [1.29, 1.82) is 0 Å². The van der Waals surface area contributed by atoms with Crippen LogP contribution in [-0.4, -0.2) is 27.2 Å². The zero-order chi connectivity index (χ0) is 13.3. The third-order valence-corrected chi connectivity index (χ3v) is 3.26. The Labute approximate surface area is 104 Å². The molecular weight excluding hydrogens is 234 g/mol. The van der Waals surface area contributed by atoms with Crippen LogP contribution in [0.4, 0.5) is 5.69 Å². The topological polar surface area (TPSA) is 102 Å². The number of nitrogens with two attached hydrogens (primary N) is 1. The number of nitrogens with zero attached hydrogens (tertiary/aromatic N) is 2. The van der Waals surface area contributed by atoms with E-state index in [1.807, 2.05) is 6.92 Å². The quantitative estimate of drug-likeness (QED) is 0.603. The van der Waals surface area contributed by atoms with Crippen LogP contribution in [0.2, 0.25) is 0 Å². The van der Waals surface area contributed by atoms with Crippen molar-refractivity contribution in [1.82, 2.24) is 4.98 Å². The lowest BCUT2D eigenvalue weighted by molar-refractivity contribution is -0.385. The van der Waals surface area contributed by atoms with Crippen LogP contribution in [0.5, 0.6) is 0 Å². The molecule has 18 heavy (non-hydrogen) atoms. The zero-order valence-corrected chi connectivity index (χ0v) is 9.98. The third-order valence-electron chi connectivity index (χ3n) is 3.26. The summed E-state index contributed by atoms with van der Waals surface area (Å²) in [5.41, 5.74) is 7.11. The van der Waals surface area contributed by atoms with E-state index in [0.717, 1.165) is 5.57 Å². The summed E-state index contributed by atoms with van der Waals surface area (Å²) in [6.45, 7) is 1.88. The lowest BCUT2D eigenvalue weighted by Crippen LogP contribution is -2.40. The summed E-state index contributed by atoms with van der Waals surface area (Å²) in [6.07, 6.45) is 4.42. The molecule has 3 atom stereocenters. The third kappa shape index (κ3) is 2.25. The van der Waals surface area contributed by atoms with E-state index in [2.05, 4.69) is 4.98 Å². The second kappa shape index (κ2) is 4.83. The molecular formula is C12H15N3O3. The highest BCUT2D eigenvalue weighted by molar-refractivity contribution is 5.73. The second-order valence-electron chi connectivity index (χ2n) is 4.59. The first-order valence-corrected chi connectivity index (χ1v) is 5.74. The van der Waals surface area contributed by atoms with Gasteiger partial charge in [-0.3, -0.25) is 15.1 Å². The number of nitro groups is 1. The van der Waals surface area contributed by atoms with Gasteiger partial charge < -0.3 is 10.8 Å². The number of aliphatic hydroxyl groups excluding tert-OH is 1. The molecule has 6 nitrogen and oxygen atoms in total. The van der Waals surface area contributed by atoms with Crippen LogP contribution in [-0.2, 0) is 0 Å². The van der Waals surface area contributed by atoms with Gasteiger partial charge in [-0.2, -0.15) is 0 Å². The van der Waals surface area contributed by atoms with Gasteiger partial charge in [-0.15, -0.1) is 0 Å². The van der Waals surface area contributed by atoms with Crippen molar-refractivity contribution in [2.24, 2.45) is 11.7 Å². The van der Waals surface area contributed by atoms with Crippen molar-refractivity contribution in [2.75, 3.05) is 0 Å². The number of hydrogen-bond donors (Lipinski definition) is 2. The minimum absolute atomic E-state index is 0.0206. The van der Waals surface area contributed by atoms with Crippen LogP contribution in [0.25, 0.3) is 5.57 Å². The van der Waals surface area contributed by atoms with Crippen LogP contribution in [0.15, 0.2) is 24.5 Å². The lowest BCUT2D eigenvalue weighted by atomic mass is 9.82. The van der Waals surface area contributed by atoms with Gasteiger partial charge in [0.2, 0.25) is 0 Å². The first kappa shape index (κ1) is 12.7. The normalized spacial score (nSPS) is 27.7. The fourth-order valence-corrected chi connectivity index (χ4v) is 2.25. The van der Waals surface area contributed by atoms with Crippen molar-refractivity contribution in [3.05, 3.63) is 40.2 Å². The maximum Gasteiger partial charge on any atom is 0.294 e. The molecule has 1 aromatic rings. The largest absolute Gasteiger partial charge is 0.391 e. The highest BCUT2D eigenvalue weighted by Gasteiger charge is 2.29. The SMILES string of the molecule is C[C@@H]1CC(c2ccncc2[N+](=O)[O-])=C[C@H](N)[C@H]1O. The summed E-state index contributed by atoms with van der Waals surface area (Å²) in [5, 5.41) is 20.7. The van der Waals surface area contributed by atoms with Crippen molar-refractivity contribution in [2.45, 2.75) is 25.5 Å². The molecule has 0 aromatic carbocycles. The van der Waals surface area contributed by atoms with E-state index in [4.69, 9.17) is 5.73 Å². The van der Waals surface area contributed by atoms with Crippen LogP contribution in [0, 0.1) is 16.0 Å². The number of pyridine rings is 1. The van der Waals surface area contributed by atoms with Gasteiger partial charge in [-0.05, 0) is 24.0 Å². The molecule has 0 bridgehead atoms. The van der Waals surface area contributed by atoms with E-state index < -0.39 is 17.1 Å². The van der Waals surface area contributed by atoms with Gasteiger partial charge in [0.15, 0.2) is 0 Å². The second-order valence-corrected chi connectivity index (χ2v) is 4.59. The predicted molar refractivity (Wildman–Crippen MR) is 66.6 cm³/mol. The van der Waals surface area contributed by atoms with Crippen molar-refractivity contribution < 1.29 is 10.0 Å². The first-order chi connectivity index (χ1) is 8.50. The summed E-state index contributed by atoms with van der Waals surface area (Å²) in [6, 6.07) is 1.12. The number of aliphatic hydroxyl groups is 1. The average Bonchev–Trinajstić information content (AvgIpc) is 2.35. The van der Waals surface area contributed by atoms with E-state index in [1.54, 1.807) is 12.1 Å². The summed E-state index contributed by atoms with van der Waals surface area (Å²) in [7, 11) is 0. The van der Waals surface area contributed by atoms with E-state index in [-0.39, 0.29) is 11.6 Å². The monoisotopic (exact) mass is 249 g/mol. The minimum atomic E-state index is -0.602. The van der Waals surface area contributed by atoms with Gasteiger partial charge in [-0.1, -0.05) is 13.0 Å². The van der Waals surface area contributed by atoms with Gasteiger partial charge in [0.05, 0.1) is 16.6 Å². The molecule has 0 unspecified atom stereocenters. The Morgan fingerprint density at radius 1 is 1.61 bits per heavy atom. The Hall–Kier alpha value is -1.79. The van der Waals surface area contributed by atoms with E-state index in [9.17, 15) is 15.2 Å². The number of aromatic nitrogens is 1. The molecule has 0 saturated heterocycles. The molecule has 2 rings (SSSR count). The molecule has 96 valence electrons. The Kier molecular flexibility index (Phi) is 3.40. The fourth-order valence-electron chi connectivity index (χ4n) is 2.25. The molecule has 3 N–H and O–H groups in total. The molecule has 0 aliphatic heterocycles. The van der Waals surface area contributed by atoms with Crippen molar-refractivity contribution in [3.63, 3.8) is 0 Å². The Bertz CT molecular complexity index is 501. The smallest absolute Gasteiger partial charge is 0.294 e. The maximum absolute atomic E-state index is 10.9. The highest BCUT2D eigenvalue weighted by atomic mass is 16.6. The summed E-state index contributed by atoms with van der Waals surface area (Å²) in [5.74, 6) is -0.0206. The Morgan fingerprint density at radius 3 is 2.94 bits per heavy atom. The van der Waals surface area contributed by atoms with Gasteiger partial charge in [-0.25, -0.2) is 0 Å². The van der Waals surface area contributed by atoms with Crippen molar-refractivity contribution >= 4 is 11.3 Å². The molecule has 0 fully saturated rings. The molecule has 0 saturated carbocycles. The van der Waals surface area contributed by atoms with Gasteiger partial charge in [0, 0.05) is 12.2 Å². The standard InChI is InChI=1S/C12H15N3O3/c1-7-4-8(5-10(13)12(7)16)9-2-3-14-6-11(9)15(17)18/h2-3,5-7,10,12,16H,4,13H2,1H3/t7-,10+,12+/m1/s1. The highest BCUT2D eigenvalue weighted by Crippen LogP contribution is 2.34. The summed E-state index contributed by atoms with van der Waals surface area (Å²) >= 11 is 0. The molecule has 1 aliphatic rings. The van der Waals surface area contributed by atoms with Gasteiger partial charge >= 0.3 is 0 Å². The minimum Gasteiger partial charge on any atom is -0.391 e. The predicted octanol–water partition coefficient (Wildman–Crippen LogP) is 1.10. The van der Waals surface area contributed by atoms with Crippen molar-refractivity contribution in [3.8, 4) is 0 Å². The number of rotatable bonds is 2. The van der Waals surface area contributed by atoms with E-state index in [1.165, 1.54) is 12.4 Å². The number of allylic oxidation sites excluding steroid dienone is 1. The van der Waals surface area contributed by atoms with Gasteiger partial charge in [0.1, 0.15) is 6.20 Å². The molecule has 0 spiro atoms. The maximum atomic E-state index is 10.9. The van der Waals surface area contributed by atoms with Crippen LogP contribution in [0.3, 0.4) is 0 Å².